The fraction of sp³-hybridized carbons (Fsp3) is 0.882. The molecule has 0 spiro atoms. The molecule has 0 unspecified atom stereocenters. The molecule has 1 aliphatic carbocycles. The van der Waals surface area contributed by atoms with Crippen LogP contribution in [0.2, 0.25) is 0 Å². The Morgan fingerprint density at radius 3 is 1.87 bits per heavy atom. The standard InChI is InChI=1S/C17H34N4O2/c1-2-6-16(22)20-13-4-11-18-9-3-10-19-12-5-14-21-17(23)15-7-8-15/h15,18-19H,2-14H2,1H3,(H,20,22)(H,21,23). The van der Waals surface area contributed by atoms with Gasteiger partial charge in [0, 0.05) is 25.4 Å². The highest BCUT2D eigenvalue weighted by Crippen LogP contribution is 2.28. The van der Waals surface area contributed by atoms with Gasteiger partial charge in [0.1, 0.15) is 0 Å². The van der Waals surface area contributed by atoms with Gasteiger partial charge in [-0.15, -0.1) is 0 Å². The van der Waals surface area contributed by atoms with Gasteiger partial charge in [-0.3, -0.25) is 9.59 Å². The van der Waals surface area contributed by atoms with E-state index in [4.69, 9.17) is 0 Å². The molecule has 1 rings (SSSR count). The maximum absolute atomic E-state index is 11.4. The third kappa shape index (κ3) is 12.0. The van der Waals surface area contributed by atoms with E-state index in [1.54, 1.807) is 0 Å². The third-order valence-corrected chi connectivity index (χ3v) is 3.81. The lowest BCUT2D eigenvalue weighted by atomic mass is 10.3. The minimum absolute atomic E-state index is 0.157. The van der Waals surface area contributed by atoms with Gasteiger partial charge in [-0.05, 0) is 64.7 Å². The summed E-state index contributed by atoms with van der Waals surface area (Å²) in [6.45, 7) is 7.44. The zero-order chi connectivity index (χ0) is 16.8. The zero-order valence-corrected chi connectivity index (χ0v) is 14.6. The number of hydrogen-bond acceptors (Lipinski definition) is 4. The minimum atomic E-state index is 0.157. The summed E-state index contributed by atoms with van der Waals surface area (Å²) < 4.78 is 0. The van der Waals surface area contributed by atoms with E-state index in [-0.39, 0.29) is 11.8 Å². The van der Waals surface area contributed by atoms with E-state index in [0.29, 0.717) is 12.3 Å². The van der Waals surface area contributed by atoms with Crippen LogP contribution in [0.5, 0.6) is 0 Å². The van der Waals surface area contributed by atoms with Crippen molar-refractivity contribution in [1.29, 1.82) is 0 Å². The molecule has 0 aliphatic heterocycles. The molecule has 0 heterocycles. The molecule has 0 bridgehead atoms. The summed E-state index contributed by atoms with van der Waals surface area (Å²) in [6, 6.07) is 0. The maximum Gasteiger partial charge on any atom is 0.223 e. The van der Waals surface area contributed by atoms with Crippen molar-refractivity contribution in [3.8, 4) is 0 Å². The Bertz CT molecular complexity index is 333. The van der Waals surface area contributed by atoms with Crippen LogP contribution < -0.4 is 21.3 Å². The molecule has 6 nitrogen and oxygen atoms in total. The van der Waals surface area contributed by atoms with Crippen molar-refractivity contribution in [3.05, 3.63) is 0 Å². The van der Waals surface area contributed by atoms with Crippen molar-refractivity contribution in [1.82, 2.24) is 21.3 Å². The summed E-state index contributed by atoms with van der Waals surface area (Å²) >= 11 is 0. The van der Waals surface area contributed by atoms with Crippen LogP contribution in [-0.2, 0) is 9.59 Å². The molecule has 23 heavy (non-hydrogen) atoms. The van der Waals surface area contributed by atoms with E-state index < -0.39 is 0 Å². The van der Waals surface area contributed by atoms with Crippen molar-refractivity contribution >= 4 is 11.8 Å². The second kappa shape index (κ2) is 13.3. The molecule has 2 amide bonds. The molecule has 0 aromatic heterocycles. The molecule has 1 saturated carbocycles. The van der Waals surface area contributed by atoms with Gasteiger partial charge >= 0.3 is 0 Å². The smallest absolute Gasteiger partial charge is 0.223 e. The second-order valence-corrected chi connectivity index (χ2v) is 6.23. The molecule has 6 heteroatoms. The highest BCUT2D eigenvalue weighted by molar-refractivity contribution is 5.80. The highest BCUT2D eigenvalue weighted by Gasteiger charge is 2.28. The van der Waals surface area contributed by atoms with Crippen LogP contribution in [0.1, 0.15) is 51.9 Å². The molecule has 0 saturated heterocycles. The number of rotatable bonds is 15. The monoisotopic (exact) mass is 326 g/mol. The Kier molecular flexibility index (Phi) is 11.5. The van der Waals surface area contributed by atoms with Gasteiger partial charge in [0.2, 0.25) is 11.8 Å². The lowest BCUT2D eigenvalue weighted by Gasteiger charge is -2.08. The Morgan fingerprint density at radius 2 is 1.35 bits per heavy atom. The van der Waals surface area contributed by atoms with Gasteiger partial charge in [0.25, 0.3) is 0 Å². The Balaban J connectivity index is 1.69. The fourth-order valence-corrected chi connectivity index (χ4v) is 2.26. The van der Waals surface area contributed by atoms with Crippen molar-refractivity contribution in [3.63, 3.8) is 0 Å². The van der Waals surface area contributed by atoms with E-state index in [0.717, 1.165) is 77.8 Å². The quantitative estimate of drug-likeness (QED) is 0.335. The van der Waals surface area contributed by atoms with Crippen LogP contribution in [0.3, 0.4) is 0 Å². The van der Waals surface area contributed by atoms with E-state index in [1.807, 2.05) is 6.92 Å². The van der Waals surface area contributed by atoms with E-state index in [1.165, 1.54) is 0 Å². The first-order valence-corrected chi connectivity index (χ1v) is 9.20. The Labute approximate surface area is 140 Å². The van der Waals surface area contributed by atoms with Crippen molar-refractivity contribution in [2.24, 2.45) is 5.92 Å². The first kappa shape index (κ1) is 19.9. The third-order valence-electron chi connectivity index (χ3n) is 3.81. The Hall–Kier alpha value is -1.14. The summed E-state index contributed by atoms with van der Waals surface area (Å²) in [5.74, 6) is 0.708. The normalized spacial score (nSPS) is 13.8. The SMILES string of the molecule is CCCC(=O)NCCCNCCCNCCCNC(=O)C1CC1. The average molecular weight is 326 g/mol. The lowest BCUT2D eigenvalue weighted by Crippen LogP contribution is -2.30. The van der Waals surface area contributed by atoms with Gasteiger partial charge in [-0.25, -0.2) is 0 Å². The van der Waals surface area contributed by atoms with E-state index >= 15 is 0 Å². The van der Waals surface area contributed by atoms with Gasteiger partial charge < -0.3 is 21.3 Å². The van der Waals surface area contributed by atoms with Crippen LogP contribution in [0.25, 0.3) is 0 Å². The molecule has 0 radical (unpaired) electrons. The van der Waals surface area contributed by atoms with Crippen LogP contribution in [-0.4, -0.2) is 51.1 Å². The van der Waals surface area contributed by atoms with Gasteiger partial charge in [0.15, 0.2) is 0 Å². The largest absolute Gasteiger partial charge is 0.356 e. The molecular formula is C17H34N4O2. The minimum Gasteiger partial charge on any atom is -0.356 e. The summed E-state index contributed by atoms with van der Waals surface area (Å²) in [4.78, 5) is 22.6. The number of nitrogens with one attached hydrogen (secondary N) is 4. The van der Waals surface area contributed by atoms with Crippen molar-refractivity contribution in [2.45, 2.75) is 51.9 Å². The van der Waals surface area contributed by atoms with Crippen molar-refractivity contribution in [2.75, 3.05) is 39.3 Å². The maximum atomic E-state index is 11.4. The van der Waals surface area contributed by atoms with Gasteiger partial charge in [-0.1, -0.05) is 6.92 Å². The van der Waals surface area contributed by atoms with Crippen LogP contribution in [0.4, 0.5) is 0 Å². The number of amides is 2. The molecule has 0 atom stereocenters. The van der Waals surface area contributed by atoms with E-state index in [2.05, 4.69) is 21.3 Å². The molecule has 134 valence electrons. The van der Waals surface area contributed by atoms with Crippen LogP contribution >= 0.6 is 0 Å². The molecular weight excluding hydrogens is 292 g/mol. The Morgan fingerprint density at radius 1 is 0.826 bits per heavy atom. The number of carbonyl (C=O) groups is 2. The van der Waals surface area contributed by atoms with E-state index in [9.17, 15) is 9.59 Å². The molecule has 0 aromatic carbocycles. The predicted octanol–water partition coefficient (Wildman–Crippen LogP) is 0.778. The number of carbonyl (C=O) groups excluding carboxylic acids is 2. The second-order valence-electron chi connectivity index (χ2n) is 6.23. The number of hydrogen-bond donors (Lipinski definition) is 4. The van der Waals surface area contributed by atoms with Crippen molar-refractivity contribution < 1.29 is 9.59 Å². The lowest BCUT2D eigenvalue weighted by molar-refractivity contribution is -0.122. The first-order chi connectivity index (χ1) is 11.2. The average Bonchev–Trinajstić information content (AvgIpc) is 3.36. The predicted molar refractivity (Wildman–Crippen MR) is 93.2 cm³/mol. The van der Waals surface area contributed by atoms with Crippen LogP contribution in [0.15, 0.2) is 0 Å². The molecule has 1 fully saturated rings. The summed E-state index contributed by atoms with van der Waals surface area (Å²) in [7, 11) is 0. The molecule has 4 N–H and O–H groups in total. The highest BCUT2D eigenvalue weighted by atomic mass is 16.2. The molecule has 0 aromatic rings. The van der Waals surface area contributed by atoms with Gasteiger partial charge in [-0.2, -0.15) is 0 Å². The zero-order valence-electron chi connectivity index (χ0n) is 14.6. The van der Waals surface area contributed by atoms with Gasteiger partial charge in [0.05, 0.1) is 0 Å². The topological polar surface area (TPSA) is 82.3 Å². The molecule has 1 aliphatic rings. The first-order valence-electron chi connectivity index (χ1n) is 9.20. The summed E-state index contributed by atoms with van der Waals surface area (Å²) in [5, 5.41) is 12.6. The fourth-order valence-electron chi connectivity index (χ4n) is 2.26. The van der Waals surface area contributed by atoms with Crippen LogP contribution in [0, 0.1) is 5.92 Å². The summed E-state index contributed by atoms with van der Waals surface area (Å²) in [6.07, 6.45) is 6.74. The summed E-state index contributed by atoms with van der Waals surface area (Å²) in [5.41, 5.74) is 0.